The molecule has 5 nitrogen and oxygen atoms in total. The van der Waals surface area contributed by atoms with E-state index in [-0.39, 0.29) is 4.90 Å². The number of anilines is 2. The highest BCUT2D eigenvalue weighted by atomic mass is 32.2. The summed E-state index contributed by atoms with van der Waals surface area (Å²) in [7, 11) is -2.05. The number of sulfonamides is 1. The second-order valence-electron chi connectivity index (χ2n) is 6.18. The molecule has 0 radical (unpaired) electrons. The van der Waals surface area contributed by atoms with Crippen molar-refractivity contribution < 1.29 is 8.42 Å². The smallest absolute Gasteiger partial charge is 0.240 e. The topological polar surface area (TPSA) is 84.2 Å². The highest BCUT2D eigenvalue weighted by Crippen LogP contribution is 2.36. The second-order valence-corrected chi connectivity index (χ2v) is 8.07. The Morgan fingerprint density at radius 1 is 1.24 bits per heavy atom. The van der Waals surface area contributed by atoms with E-state index in [2.05, 4.69) is 17.0 Å². The van der Waals surface area contributed by atoms with Gasteiger partial charge < -0.3 is 11.1 Å². The quantitative estimate of drug-likeness (QED) is 0.730. The Morgan fingerprint density at radius 2 is 1.90 bits per heavy atom. The van der Waals surface area contributed by atoms with E-state index in [1.807, 2.05) is 0 Å². The van der Waals surface area contributed by atoms with Crippen LogP contribution in [-0.2, 0) is 10.0 Å². The van der Waals surface area contributed by atoms with Gasteiger partial charge in [0.15, 0.2) is 0 Å². The lowest BCUT2D eigenvalue weighted by Crippen LogP contribution is -2.29. The van der Waals surface area contributed by atoms with Crippen molar-refractivity contribution in [3.05, 3.63) is 18.2 Å². The van der Waals surface area contributed by atoms with Gasteiger partial charge in [-0.25, -0.2) is 13.1 Å². The first-order valence-corrected chi connectivity index (χ1v) is 8.92. The monoisotopic (exact) mass is 311 g/mol. The minimum atomic E-state index is -3.44. The standard InChI is InChI=1S/C15H25N3O2S/c1-15(8-4-3-5-9-15)11-18-14-7-6-12(10-13(14)16)21(19,20)17-2/h6-7,10,17-18H,3-5,8-9,11,16H2,1-2H3. The first-order valence-electron chi connectivity index (χ1n) is 7.43. The summed E-state index contributed by atoms with van der Waals surface area (Å²) in [5, 5.41) is 3.38. The van der Waals surface area contributed by atoms with E-state index in [0.717, 1.165) is 12.2 Å². The van der Waals surface area contributed by atoms with Crippen molar-refractivity contribution in [3.8, 4) is 0 Å². The van der Waals surface area contributed by atoms with E-state index >= 15 is 0 Å². The number of rotatable bonds is 5. The van der Waals surface area contributed by atoms with Crippen LogP contribution in [0.2, 0.25) is 0 Å². The first-order chi connectivity index (χ1) is 9.86. The van der Waals surface area contributed by atoms with E-state index in [0.29, 0.717) is 11.1 Å². The van der Waals surface area contributed by atoms with Crippen molar-refractivity contribution in [1.82, 2.24) is 4.72 Å². The van der Waals surface area contributed by atoms with Crippen molar-refractivity contribution in [1.29, 1.82) is 0 Å². The van der Waals surface area contributed by atoms with E-state index in [1.165, 1.54) is 45.2 Å². The molecule has 2 rings (SSSR count). The predicted molar refractivity (Wildman–Crippen MR) is 86.8 cm³/mol. The van der Waals surface area contributed by atoms with E-state index in [1.54, 1.807) is 12.1 Å². The summed E-state index contributed by atoms with van der Waals surface area (Å²) in [5.74, 6) is 0. The largest absolute Gasteiger partial charge is 0.397 e. The Hall–Kier alpha value is -1.27. The van der Waals surface area contributed by atoms with E-state index < -0.39 is 10.0 Å². The van der Waals surface area contributed by atoms with Crippen molar-refractivity contribution in [2.24, 2.45) is 5.41 Å². The molecule has 0 heterocycles. The average Bonchev–Trinajstić information content (AvgIpc) is 2.46. The molecule has 118 valence electrons. The summed E-state index contributed by atoms with van der Waals surface area (Å²) >= 11 is 0. The zero-order valence-electron chi connectivity index (χ0n) is 12.8. The normalized spacial score (nSPS) is 18.4. The molecule has 1 fully saturated rings. The van der Waals surface area contributed by atoms with Gasteiger partial charge in [-0.1, -0.05) is 26.2 Å². The van der Waals surface area contributed by atoms with E-state index in [9.17, 15) is 8.42 Å². The third kappa shape index (κ3) is 3.89. The van der Waals surface area contributed by atoms with E-state index in [4.69, 9.17) is 5.73 Å². The fraction of sp³-hybridized carbons (Fsp3) is 0.600. The zero-order valence-corrected chi connectivity index (χ0v) is 13.6. The molecule has 0 spiro atoms. The Kier molecular flexibility index (Phi) is 4.78. The molecule has 1 aliphatic carbocycles. The Morgan fingerprint density at radius 3 is 2.48 bits per heavy atom. The van der Waals surface area contributed by atoms with Crippen LogP contribution in [0.25, 0.3) is 0 Å². The zero-order chi connectivity index (χ0) is 15.5. The molecule has 6 heteroatoms. The molecule has 1 saturated carbocycles. The highest BCUT2D eigenvalue weighted by Gasteiger charge is 2.26. The lowest BCUT2D eigenvalue weighted by molar-refractivity contribution is 0.233. The van der Waals surface area contributed by atoms with Crippen LogP contribution < -0.4 is 15.8 Å². The molecule has 4 N–H and O–H groups in total. The lowest BCUT2D eigenvalue weighted by Gasteiger charge is -2.34. The van der Waals surface area contributed by atoms with Crippen molar-refractivity contribution in [3.63, 3.8) is 0 Å². The minimum absolute atomic E-state index is 0.192. The lowest BCUT2D eigenvalue weighted by atomic mass is 9.76. The number of nitrogens with one attached hydrogen (secondary N) is 2. The van der Waals surface area contributed by atoms with Gasteiger partial charge in [0, 0.05) is 6.54 Å². The van der Waals surface area contributed by atoms with Gasteiger partial charge in [-0.05, 0) is 43.5 Å². The molecule has 21 heavy (non-hydrogen) atoms. The molecule has 0 amide bonds. The van der Waals surface area contributed by atoms with Crippen LogP contribution in [0.3, 0.4) is 0 Å². The third-order valence-electron chi connectivity index (χ3n) is 4.37. The van der Waals surface area contributed by atoms with Crippen molar-refractivity contribution in [2.75, 3.05) is 24.6 Å². The van der Waals surface area contributed by atoms with Gasteiger partial charge in [0.2, 0.25) is 10.0 Å². The second kappa shape index (κ2) is 6.23. The molecule has 0 saturated heterocycles. The van der Waals surface area contributed by atoms with Crippen LogP contribution in [0.5, 0.6) is 0 Å². The van der Waals surface area contributed by atoms with Crippen LogP contribution in [-0.4, -0.2) is 22.0 Å². The van der Waals surface area contributed by atoms with Gasteiger partial charge in [0.05, 0.1) is 16.3 Å². The summed E-state index contributed by atoms with van der Waals surface area (Å²) < 4.78 is 25.8. The maximum Gasteiger partial charge on any atom is 0.240 e. The molecule has 0 bridgehead atoms. The number of benzene rings is 1. The molecular weight excluding hydrogens is 286 g/mol. The van der Waals surface area contributed by atoms with Crippen LogP contribution in [0.1, 0.15) is 39.0 Å². The maximum atomic E-state index is 11.7. The Labute approximate surface area is 127 Å². The average molecular weight is 311 g/mol. The summed E-state index contributed by atoms with van der Waals surface area (Å²) in [5.41, 5.74) is 7.55. The highest BCUT2D eigenvalue weighted by molar-refractivity contribution is 7.89. The fourth-order valence-corrected chi connectivity index (χ4v) is 3.64. The van der Waals surface area contributed by atoms with Gasteiger partial charge in [-0.2, -0.15) is 0 Å². The first kappa shape index (κ1) is 16.1. The molecular formula is C15H25N3O2S. The van der Waals surface area contributed by atoms with Gasteiger partial charge in [-0.15, -0.1) is 0 Å². The van der Waals surface area contributed by atoms with Gasteiger partial charge >= 0.3 is 0 Å². The van der Waals surface area contributed by atoms with Gasteiger partial charge in [-0.3, -0.25) is 0 Å². The van der Waals surface area contributed by atoms with Gasteiger partial charge in [0.1, 0.15) is 0 Å². The summed E-state index contributed by atoms with van der Waals surface area (Å²) in [6.45, 7) is 3.17. The Balaban J connectivity index is 2.08. The number of nitrogen functional groups attached to an aromatic ring is 1. The fourth-order valence-electron chi connectivity index (χ4n) is 2.88. The molecule has 1 aromatic carbocycles. The molecule has 0 atom stereocenters. The summed E-state index contributed by atoms with van der Waals surface area (Å²) in [4.78, 5) is 0.192. The number of nitrogens with two attached hydrogens (primary N) is 1. The summed E-state index contributed by atoms with van der Waals surface area (Å²) in [6.07, 6.45) is 6.35. The molecule has 0 aliphatic heterocycles. The molecule has 0 aromatic heterocycles. The SMILES string of the molecule is CNS(=O)(=O)c1ccc(NCC2(C)CCCCC2)c(N)c1. The van der Waals surface area contributed by atoms with Crippen LogP contribution in [0, 0.1) is 5.41 Å². The van der Waals surface area contributed by atoms with Crippen molar-refractivity contribution >= 4 is 21.4 Å². The van der Waals surface area contributed by atoms with Crippen molar-refractivity contribution in [2.45, 2.75) is 43.9 Å². The minimum Gasteiger partial charge on any atom is -0.397 e. The number of hydrogen-bond donors (Lipinski definition) is 3. The van der Waals surface area contributed by atoms with Crippen LogP contribution in [0.4, 0.5) is 11.4 Å². The molecule has 1 aromatic rings. The Bertz CT molecular complexity index is 593. The van der Waals surface area contributed by atoms with Crippen LogP contribution >= 0.6 is 0 Å². The summed E-state index contributed by atoms with van der Waals surface area (Å²) in [6, 6.07) is 4.82. The predicted octanol–water partition coefficient (Wildman–Crippen LogP) is 2.56. The molecule has 1 aliphatic rings. The number of hydrogen-bond acceptors (Lipinski definition) is 4. The third-order valence-corrected chi connectivity index (χ3v) is 5.78. The maximum absolute atomic E-state index is 11.7. The molecule has 0 unspecified atom stereocenters. The van der Waals surface area contributed by atoms with Gasteiger partial charge in [0.25, 0.3) is 0 Å². The van der Waals surface area contributed by atoms with Crippen LogP contribution in [0.15, 0.2) is 23.1 Å².